The van der Waals surface area contributed by atoms with Crippen LogP contribution in [0.5, 0.6) is 11.5 Å². The Morgan fingerprint density at radius 3 is 2.25 bits per heavy atom. The standard InChI is InChI=1S/C25H28O7/c1-9-13(5)31-8-17-18(9)11(3)21(26)15(23(17)28)7-16-22(27)12(4)19-10(2)14(6)32-25(30)20(19)24(16)29/h8-10,13-14,26-27,29H,7H2,1-6H3/t9-,10-,13-,14-/m1/s1. The van der Waals surface area contributed by atoms with Crippen LogP contribution in [0.2, 0.25) is 0 Å². The van der Waals surface area contributed by atoms with Crippen molar-refractivity contribution in [3.63, 3.8) is 0 Å². The number of rotatable bonds is 2. The second kappa shape index (κ2) is 7.43. The molecule has 0 unspecified atom stereocenters. The van der Waals surface area contributed by atoms with Crippen LogP contribution < -0.4 is 0 Å². The number of hydrogen-bond donors (Lipinski definition) is 3. The third kappa shape index (κ3) is 2.94. The summed E-state index contributed by atoms with van der Waals surface area (Å²) in [6.45, 7) is 10.8. The molecule has 2 aliphatic heterocycles. The van der Waals surface area contributed by atoms with Gasteiger partial charge in [-0.05, 0) is 50.0 Å². The normalized spacial score (nSPS) is 27.5. The van der Waals surface area contributed by atoms with Gasteiger partial charge < -0.3 is 24.8 Å². The Hall–Kier alpha value is -3.22. The highest BCUT2D eigenvalue weighted by Crippen LogP contribution is 2.47. The number of ether oxygens (including phenoxy) is 2. The van der Waals surface area contributed by atoms with Gasteiger partial charge in [-0.2, -0.15) is 0 Å². The molecular weight excluding hydrogens is 412 g/mol. The van der Waals surface area contributed by atoms with Gasteiger partial charge in [-0.25, -0.2) is 4.79 Å². The lowest BCUT2D eigenvalue weighted by atomic mass is 9.76. The molecule has 7 heteroatoms. The summed E-state index contributed by atoms with van der Waals surface area (Å²) in [5.41, 5.74) is 2.66. The van der Waals surface area contributed by atoms with Crippen LogP contribution in [0.25, 0.3) is 0 Å². The number of Topliss-reactive ketones (excluding diaryl/α,β-unsaturated/α-hetero) is 1. The SMILES string of the molecule is CC1=C2C(=CO[C@H](C)[C@H]2C)C(=O)C(Cc2c(O)c(C)c3c(c2O)C(=O)O[C@H](C)[C@H]3C)=C1O. The first-order valence-corrected chi connectivity index (χ1v) is 10.8. The fourth-order valence-electron chi connectivity index (χ4n) is 4.96. The molecule has 0 fully saturated rings. The molecule has 0 aromatic heterocycles. The fraction of sp³-hybridized carbons (Fsp3) is 0.440. The molecule has 0 spiro atoms. The van der Waals surface area contributed by atoms with Crippen LogP contribution in [0.4, 0.5) is 0 Å². The van der Waals surface area contributed by atoms with Gasteiger partial charge in [0, 0.05) is 29.4 Å². The average molecular weight is 440 g/mol. The molecule has 2 heterocycles. The molecular formula is C25H28O7. The molecule has 7 nitrogen and oxygen atoms in total. The molecule has 0 saturated carbocycles. The summed E-state index contributed by atoms with van der Waals surface area (Å²) >= 11 is 0. The summed E-state index contributed by atoms with van der Waals surface area (Å²) in [4.78, 5) is 25.9. The van der Waals surface area contributed by atoms with Gasteiger partial charge in [0.15, 0.2) is 5.78 Å². The van der Waals surface area contributed by atoms with Crippen molar-refractivity contribution in [2.24, 2.45) is 5.92 Å². The smallest absolute Gasteiger partial charge is 0.342 e. The van der Waals surface area contributed by atoms with Crippen molar-refractivity contribution in [3.05, 3.63) is 56.6 Å². The highest BCUT2D eigenvalue weighted by atomic mass is 16.5. The maximum atomic E-state index is 13.3. The first-order valence-electron chi connectivity index (χ1n) is 10.8. The molecule has 0 bridgehead atoms. The topological polar surface area (TPSA) is 113 Å². The van der Waals surface area contributed by atoms with Crippen molar-refractivity contribution in [3.8, 4) is 11.5 Å². The zero-order valence-corrected chi connectivity index (χ0v) is 19.1. The van der Waals surface area contributed by atoms with Crippen LogP contribution in [0.3, 0.4) is 0 Å². The first-order chi connectivity index (χ1) is 15.0. The minimum Gasteiger partial charge on any atom is -0.507 e. The third-order valence-electron chi connectivity index (χ3n) is 7.26. The van der Waals surface area contributed by atoms with E-state index in [0.29, 0.717) is 22.3 Å². The molecule has 170 valence electrons. The number of fused-ring (bicyclic) bond motifs is 2. The van der Waals surface area contributed by atoms with E-state index < -0.39 is 23.6 Å². The van der Waals surface area contributed by atoms with E-state index in [-0.39, 0.29) is 52.6 Å². The zero-order chi connectivity index (χ0) is 23.6. The van der Waals surface area contributed by atoms with Crippen LogP contribution in [0.15, 0.2) is 34.3 Å². The predicted molar refractivity (Wildman–Crippen MR) is 117 cm³/mol. The monoisotopic (exact) mass is 440 g/mol. The van der Waals surface area contributed by atoms with Gasteiger partial charge >= 0.3 is 5.97 Å². The van der Waals surface area contributed by atoms with Gasteiger partial charge in [-0.15, -0.1) is 0 Å². The minimum atomic E-state index is -0.676. The van der Waals surface area contributed by atoms with E-state index >= 15 is 0 Å². The summed E-state index contributed by atoms with van der Waals surface area (Å²) in [6.07, 6.45) is 0.618. The summed E-state index contributed by atoms with van der Waals surface area (Å²) < 4.78 is 11.0. The zero-order valence-electron chi connectivity index (χ0n) is 19.1. The van der Waals surface area contributed by atoms with Crippen LogP contribution in [-0.4, -0.2) is 39.3 Å². The summed E-state index contributed by atoms with van der Waals surface area (Å²) in [5, 5.41) is 32.8. The lowest BCUT2D eigenvalue weighted by Gasteiger charge is -2.34. The van der Waals surface area contributed by atoms with E-state index in [2.05, 4.69) is 0 Å². The van der Waals surface area contributed by atoms with Gasteiger partial charge in [0.25, 0.3) is 0 Å². The van der Waals surface area contributed by atoms with E-state index in [9.17, 15) is 24.9 Å². The molecule has 4 rings (SSSR count). The van der Waals surface area contributed by atoms with Gasteiger partial charge in [0.2, 0.25) is 0 Å². The Balaban J connectivity index is 1.87. The molecule has 3 N–H and O–H groups in total. The molecule has 1 aromatic carbocycles. The Bertz CT molecular complexity index is 1150. The fourth-order valence-corrected chi connectivity index (χ4v) is 4.96. The van der Waals surface area contributed by atoms with E-state index in [1.165, 1.54) is 6.26 Å². The number of hydrogen-bond acceptors (Lipinski definition) is 7. The summed E-state index contributed by atoms with van der Waals surface area (Å²) in [7, 11) is 0. The van der Waals surface area contributed by atoms with Crippen LogP contribution >= 0.6 is 0 Å². The van der Waals surface area contributed by atoms with Gasteiger partial charge in [-0.3, -0.25) is 4.79 Å². The van der Waals surface area contributed by atoms with E-state index in [1.807, 2.05) is 20.8 Å². The number of cyclic esters (lactones) is 1. The van der Waals surface area contributed by atoms with E-state index in [4.69, 9.17) is 9.47 Å². The number of carbonyl (C=O) groups is 2. The second-order valence-corrected chi connectivity index (χ2v) is 9.02. The lowest BCUT2D eigenvalue weighted by Crippen LogP contribution is -2.31. The van der Waals surface area contributed by atoms with E-state index in [1.54, 1.807) is 20.8 Å². The molecule has 3 aliphatic rings. The first kappa shape index (κ1) is 22.0. The van der Waals surface area contributed by atoms with Crippen molar-refractivity contribution in [2.45, 2.75) is 66.1 Å². The average Bonchev–Trinajstić information content (AvgIpc) is 2.74. The van der Waals surface area contributed by atoms with Gasteiger partial charge in [0.05, 0.1) is 11.8 Å². The summed E-state index contributed by atoms with van der Waals surface area (Å²) in [5.74, 6) is -2.23. The van der Waals surface area contributed by atoms with Crippen molar-refractivity contribution < 1.29 is 34.4 Å². The number of phenolic OH excluding ortho intramolecular Hbond substituents is 2. The highest BCUT2D eigenvalue weighted by Gasteiger charge is 2.40. The largest absolute Gasteiger partial charge is 0.507 e. The minimum absolute atomic E-state index is 0.000126. The van der Waals surface area contributed by atoms with Crippen LogP contribution in [0, 0.1) is 12.8 Å². The molecule has 0 radical (unpaired) electrons. The number of phenols is 2. The highest BCUT2D eigenvalue weighted by molar-refractivity contribution is 6.14. The van der Waals surface area contributed by atoms with E-state index in [0.717, 1.165) is 5.57 Å². The Morgan fingerprint density at radius 2 is 1.59 bits per heavy atom. The van der Waals surface area contributed by atoms with Crippen molar-refractivity contribution in [1.82, 2.24) is 0 Å². The van der Waals surface area contributed by atoms with Crippen molar-refractivity contribution >= 4 is 11.8 Å². The molecule has 0 amide bonds. The molecule has 0 saturated heterocycles. The Kier molecular flexibility index (Phi) is 5.11. The number of carbonyl (C=O) groups excluding carboxylic acids is 2. The Morgan fingerprint density at radius 1 is 0.938 bits per heavy atom. The molecule has 32 heavy (non-hydrogen) atoms. The Labute approximate surface area is 186 Å². The maximum Gasteiger partial charge on any atom is 0.342 e. The molecule has 4 atom stereocenters. The number of aliphatic hydroxyl groups excluding tert-OH is 1. The quantitative estimate of drug-likeness (QED) is 0.589. The third-order valence-corrected chi connectivity index (χ3v) is 7.26. The predicted octanol–water partition coefficient (Wildman–Crippen LogP) is 4.26. The van der Waals surface area contributed by atoms with Crippen LogP contribution in [-0.2, 0) is 20.7 Å². The number of aromatic hydroxyl groups is 2. The number of ketones is 1. The van der Waals surface area contributed by atoms with Gasteiger partial charge in [-0.1, -0.05) is 13.8 Å². The second-order valence-electron chi connectivity index (χ2n) is 9.02. The van der Waals surface area contributed by atoms with Crippen molar-refractivity contribution in [2.75, 3.05) is 0 Å². The number of aliphatic hydroxyl groups is 1. The molecule has 1 aliphatic carbocycles. The maximum absolute atomic E-state index is 13.3. The van der Waals surface area contributed by atoms with Gasteiger partial charge in [0.1, 0.15) is 35.0 Å². The number of benzene rings is 1. The van der Waals surface area contributed by atoms with Crippen LogP contribution in [0.1, 0.15) is 67.6 Å². The summed E-state index contributed by atoms with van der Waals surface area (Å²) in [6, 6.07) is 0. The number of esters is 1. The number of allylic oxidation sites excluding steroid dienone is 3. The molecule has 1 aromatic rings. The lowest BCUT2D eigenvalue weighted by molar-refractivity contribution is -0.112. The van der Waals surface area contributed by atoms with Crippen molar-refractivity contribution in [1.29, 1.82) is 0 Å².